The monoisotopic (exact) mass is 215 g/mol. The fourth-order valence-electron chi connectivity index (χ4n) is 1.43. The van der Waals surface area contributed by atoms with Crippen molar-refractivity contribution in [2.75, 3.05) is 0 Å². The van der Waals surface area contributed by atoms with Gasteiger partial charge in [-0.05, 0) is 18.8 Å². The lowest BCUT2D eigenvalue weighted by Gasteiger charge is -2.23. The molecule has 0 aliphatic rings. The van der Waals surface area contributed by atoms with Crippen molar-refractivity contribution < 1.29 is 14.7 Å². The van der Waals surface area contributed by atoms with Crippen LogP contribution in [0.15, 0.2) is 0 Å². The van der Waals surface area contributed by atoms with Gasteiger partial charge in [-0.1, -0.05) is 27.7 Å². The van der Waals surface area contributed by atoms with Crippen LogP contribution in [0.5, 0.6) is 0 Å². The quantitative estimate of drug-likeness (QED) is 0.749. The summed E-state index contributed by atoms with van der Waals surface area (Å²) in [4.78, 5) is 22.1. The minimum absolute atomic E-state index is 0.0726. The second-order valence-corrected chi connectivity index (χ2v) is 5.23. The number of carboxylic acid groups (broad SMARTS) is 1. The second-order valence-electron chi connectivity index (χ2n) is 5.23. The maximum atomic E-state index is 11.6. The Morgan fingerprint density at radius 1 is 1.27 bits per heavy atom. The first-order valence-corrected chi connectivity index (χ1v) is 5.16. The summed E-state index contributed by atoms with van der Waals surface area (Å²) in [6, 6.07) is -0.820. The topological polar surface area (TPSA) is 66.4 Å². The van der Waals surface area contributed by atoms with Gasteiger partial charge < -0.3 is 10.4 Å². The van der Waals surface area contributed by atoms with Crippen LogP contribution >= 0.6 is 0 Å². The maximum Gasteiger partial charge on any atom is 0.325 e. The van der Waals surface area contributed by atoms with Gasteiger partial charge in [-0.15, -0.1) is 0 Å². The molecular weight excluding hydrogens is 194 g/mol. The van der Waals surface area contributed by atoms with Crippen LogP contribution in [-0.4, -0.2) is 23.0 Å². The van der Waals surface area contributed by atoms with Crippen molar-refractivity contribution in [2.45, 2.75) is 47.1 Å². The first-order valence-electron chi connectivity index (χ1n) is 5.16. The van der Waals surface area contributed by atoms with Crippen molar-refractivity contribution in [1.29, 1.82) is 0 Å². The number of nitrogens with one attached hydrogen (secondary N) is 1. The molecule has 0 aromatic carbocycles. The van der Waals surface area contributed by atoms with Crippen molar-refractivity contribution in [3.8, 4) is 0 Å². The fourth-order valence-corrected chi connectivity index (χ4v) is 1.43. The molecule has 88 valence electrons. The molecule has 2 N–H and O–H groups in total. The minimum Gasteiger partial charge on any atom is -0.480 e. The summed E-state index contributed by atoms with van der Waals surface area (Å²) in [6.07, 6.45) is 0.741. The Kier molecular flexibility index (Phi) is 4.78. The van der Waals surface area contributed by atoms with E-state index in [1.807, 2.05) is 6.92 Å². The molecule has 2 atom stereocenters. The molecule has 0 aromatic heterocycles. The number of rotatable bonds is 4. The lowest BCUT2D eigenvalue weighted by Crippen LogP contribution is -2.41. The van der Waals surface area contributed by atoms with E-state index in [0.29, 0.717) is 0 Å². The molecule has 0 heterocycles. The lowest BCUT2D eigenvalue weighted by molar-refractivity contribution is -0.142. The van der Waals surface area contributed by atoms with Gasteiger partial charge in [0, 0.05) is 5.92 Å². The number of hydrogen-bond donors (Lipinski definition) is 2. The summed E-state index contributed by atoms with van der Waals surface area (Å²) in [7, 11) is 0. The van der Waals surface area contributed by atoms with Gasteiger partial charge >= 0.3 is 5.97 Å². The Labute approximate surface area is 91.1 Å². The Morgan fingerprint density at radius 3 is 2.07 bits per heavy atom. The second kappa shape index (κ2) is 5.14. The van der Waals surface area contributed by atoms with E-state index in [0.717, 1.165) is 6.42 Å². The van der Waals surface area contributed by atoms with Gasteiger partial charge in [-0.25, -0.2) is 0 Å². The van der Waals surface area contributed by atoms with Crippen LogP contribution in [-0.2, 0) is 9.59 Å². The van der Waals surface area contributed by atoms with Crippen LogP contribution in [0.25, 0.3) is 0 Å². The van der Waals surface area contributed by atoms with E-state index in [1.165, 1.54) is 6.92 Å². The predicted octanol–water partition coefficient (Wildman–Crippen LogP) is 1.65. The van der Waals surface area contributed by atoms with Crippen molar-refractivity contribution in [2.24, 2.45) is 11.3 Å². The van der Waals surface area contributed by atoms with Crippen LogP contribution in [0, 0.1) is 11.3 Å². The highest BCUT2D eigenvalue weighted by Gasteiger charge is 2.23. The molecule has 0 saturated carbocycles. The molecule has 0 fully saturated rings. The highest BCUT2D eigenvalue weighted by Crippen LogP contribution is 2.24. The molecule has 0 aliphatic carbocycles. The summed E-state index contributed by atoms with van der Waals surface area (Å²) in [5, 5.41) is 11.1. The first kappa shape index (κ1) is 13.9. The summed E-state index contributed by atoms with van der Waals surface area (Å²) >= 11 is 0. The zero-order valence-corrected chi connectivity index (χ0v) is 10.1. The Hall–Kier alpha value is -1.06. The third-order valence-corrected chi connectivity index (χ3v) is 2.10. The van der Waals surface area contributed by atoms with E-state index in [4.69, 9.17) is 5.11 Å². The molecular formula is C11H21NO3. The van der Waals surface area contributed by atoms with Crippen molar-refractivity contribution >= 4 is 11.9 Å². The summed E-state index contributed by atoms with van der Waals surface area (Å²) in [5.41, 5.74) is 0.0726. The third-order valence-electron chi connectivity index (χ3n) is 2.10. The van der Waals surface area contributed by atoms with Gasteiger partial charge in [0.25, 0.3) is 0 Å². The number of hydrogen-bond acceptors (Lipinski definition) is 2. The third kappa shape index (κ3) is 6.10. The van der Waals surface area contributed by atoms with Crippen molar-refractivity contribution in [3.05, 3.63) is 0 Å². The van der Waals surface area contributed by atoms with Crippen molar-refractivity contribution in [3.63, 3.8) is 0 Å². The molecule has 1 amide bonds. The Balaban J connectivity index is 4.17. The largest absolute Gasteiger partial charge is 0.480 e. The molecule has 0 spiro atoms. The van der Waals surface area contributed by atoms with Gasteiger partial charge in [0.1, 0.15) is 6.04 Å². The van der Waals surface area contributed by atoms with E-state index in [2.05, 4.69) is 26.1 Å². The highest BCUT2D eigenvalue weighted by molar-refractivity contribution is 5.84. The van der Waals surface area contributed by atoms with E-state index in [-0.39, 0.29) is 17.2 Å². The zero-order valence-electron chi connectivity index (χ0n) is 10.1. The predicted molar refractivity (Wildman–Crippen MR) is 58.5 cm³/mol. The average Bonchev–Trinajstić information content (AvgIpc) is 2.00. The molecule has 0 rings (SSSR count). The molecule has 0 unspecified atom stereocenters. The van der Waals surface area contributed by atoms with Crippen LogP contribution in [0.1, 0.15) is 41.0 Å². The van der Waals surface area contributed by atoms with E-state index in [9.17, 15) is 9.59 Å². The number of carbonyl (C=O) groups is 2. The number of carbonyl (C=O) groups excluding carboxylic acids is 1. The van der Waals surface area contributed by atoms with Gasteiger partial charge in [0.05, 0.1) is 0 Å². The van der Waals surface area contributed by atoms with Crippen LogP contribution in [0.4, 0.5) is 0 Å². The van der Waals surface area contributed by atoms with E-state index in [1.54, 1.807) is 0 Å². The lowest BCUT2D eigenvalue weighted by atomic mass is 9.85. The number of carboxylic acids is 1. The minimum atomic E-state index is -1.01. The molecule has 4 heteroatoms. The number of amides is 1. The van der Waals surface area contributed by atoms with Crippen LogP contribution < -0.4 is 5.32 Å². The van der Waals surface area contributed by atoms with Gasteiger partial charge in [0.15, 0.2) is 0 Å². The Morgan fingerprint density at radius 2 is 1.73 bits per heavy atom. The Bertz CT molecular complexity index is 243. The van der Waals surface area contributed by atoms with E-state index < -0.39 is 12.0 Å². The normalized spacial score (nSPS) is 15.5. The van der Waals surface area contributed by atoms with Gasteiger partial charge in [-0.2, -0.15) is 0 Å². The standard InChI is InChI=1S/C11H21NO3/c1-7(6-11(3,4)5)9(13)12-8(2)10(14)15/h7-8H,6H2,1-5H3,(H,12,13)(H,14,15)/t7-,8+/m0/s1. The van der Waals surface area contributed by atoms with Crippen molar-refractivity contribution in [1.82, 2.24) is 5.32 Å². The first-order chi connectivity index (χ1) is 6.63. The summed E-state index contributed by atoms with van der Waals surface area (Å²) in [6.45, 7) is 9.44. The molecule has 0 aromatic rings. The molecule has 0 saturated heterocycles. The molecule has 15 heavy (non-hydrogen) atoms. The molecule has 0 bridgehead atoms. The number of aliphatic carboxylic acids is 1. The van der Waals surface area contributed by atoms with Crippen LogP contribution in [0.3, 0.4) is 0 Å². The van der Waals surface area contributed by atoms with Gasteiger partial charge in [0.2, 0.25) is 5.91 Å². The van der Waals surface area contributed by atoms with E-state index >= 15 is 0 Å². The summed E-state index contributed by atoms with van der Waals surface area (Å²) < 4.78 is 0. The highest BCUT2D eigenvalue weighted by atomic mass is 16.4. The molecule has 4 nitrogen and oxygen atoms in total. The maximum absolute atomic E-state index is 11.6. The van der Waals surface area contributed by atoms with Crippen LogP contribution in [0.2, 0.25) is 0 Å². The average molecular weight is 215 g/mol. The fraction of sp³-hybridized carbons (Fsp3) is 0.818. The zero-order chi connectivity index (χ0) is 12.2. The van der Waals surface area contributed by atoms with Gasteiger partial charge in [-0.3, -0.25) is 9.59 Å². The smallest absolute Gasteiger partial charge is 0.325 e. The molecule has 0 radical (unpaired) electrons. The molecule has 0 aliphatic heterocycles. The summed E-state index contributed by atoms with van der Waals surface area (Å²) in [5.74, 6) is -1.36. The SMILES string of the molecule is C[C@@H](CC(C)(C)C)C(=O)N[C@H](C)C(=O)O.